The lowest BCUT2D eigenvalue weighted by Gasteiger charge is -2.53. The van der Waals surface area contributed by atoms with Gasteiger partial charge in [-0.15, -0.1) is 11.3 Å². The van der Waals surface area contributed by atoms with Crippen LogP contribution in [0.25, 0.3) is 10.1 Å². The fourth-order valence-corrected chi connectivity index (χ4v) is 19.9. The molecule has 8 aromatic rings. The number of fused-ring (bicyclic) bond motifs is 14. The molecule has 3 unspecified atom stereocenters. The Morgan fingerprint density at radius 3 is 1.55 bits per heavy atom. The predicted octanol–water partition coefficient (Wildman–Crippen LogP) is 19.8. The van der Waals surface area contributed by atoms with E-state index in [9.17, 15) is 0 Å². The molecule has 5 heteroatoms. The molecule has 9 aliphatic rings. The van der Waals surface area contributed by atoms with E-state index in [2.05, 4.69) is 243 Å². The van der Waals surface area contributed by atoms with E-state index in [0.717, 1.165) is 17.3 Å². The minimum atomic E-state index is 0.0161. The third-order valence-corrected chi connectivity index (χ3v) is 25.2. The summed E-state index contributed by atoms with van der Waals surface area (Å²) < 4.78 is 1.45. The Kier molecular flexibility index (Phi) is 10.7. The molecular formula is C77H84BN3S. The Bertz CT molecular complexity index is 3960. The number of rotatable bonds is 5. The van der Waals surface area contributed by atoms with Crippen LogP contribution >= 0.6 is 11.3 Å². The van der Waals surface area contributed by atoms with Crippen LogP contribution in [0.15, 0.2) is 133 Å². The number of nitrogens with zero attached hydrogens (tertiary/aromatic N) is 3. The summed E-state index contributed by atoms with van der Waals surface area (Å²) in [5.74, 6) is 1.28. The maximum Gasteiger partial charge on any atom is 0.254 e. The quantitative estimate of drug-likeness (QED) is 0.159. The minimum absolute atomic E-state index is 0.0161. The lowest BCUT2D eigenvalue weighted by Crippen LogP contribution is -2.61. The van der Waals surface area contributed by atoms with Gasteiger partial charge in [0.2, 0.25) is 0 Å². The fourth-order valence-electron chi connectivity index (χ4n) is 18.6. The van der Waals surface area contributed by atoms with Gasteiger partial charge in [0.05, 0.1) is 10.7 Å². The summed E-state index contributed by atoms with van der Waals surface area (Å²) in [6.45, 7) is 30.4. The molecule has 7 aromatic carbocycles. The van der Waals surface area contributed by atoms with Gasteiger partial charge in [0.1, 0.15) is 0 Å². The van der Waals surface area contributed by atoms with Gasteiger partial charge in [-0.2, -0.15) is 0 Å². The zero-order valence-electron chi connectivity index (χ0n) is 51.2. The average Bonchev–Trinajstić information content (AvgIpc) is 4.08. The van der Waals surface area contributed by atoms with E-state index in [-0.39, 0.29) is 44.6 Å². The highest BCUT2D eigenvalue weighted by Gasteiger charge is 2.53. The molecule has 416 valence electrons. The largest absolute Gasteiger partial charge is 0.311 e. The predicted molar refractivity (Wildman–Crippen MR) is 352 cm³/mol. The molecular weight excluding hydrogens is 1010 g/mol. The summed E-state index contributed by atoms with van der Waals surface area (Å²) in [6.07, 6.45) is 15.0. The number of benzene rings is 7. The van der Waals surface area contributed by atoms with E-state index in [0.29, 0.717) is 5.92 Å². The second kappa shape index (κ2) is 17.1. The molecule has 0 saturated heterocycles. The average molecular weight is 1090 g/mol. The summed E-state index contributed by atoms with van der Waals surface area (Å²) >= 11 is 2.09. The second-order valence-corrected chi connectivity index (χ2v) is 32.1. The number of anilines is 9. The molecule has 2 aliphatic heterocycles. The summed E-state index contributed by atoms with van der Waals surface area (Å²) in [5, 5.41) is 2.88. The van der Waals surface area contributed by atoms with Gasteiger partial charge in [-0.3, -0.25) is 0 Å². The molecule has 3 atom stereocenters. The van der Waals surface area contributed by atoms with Crippen molar-refractivity contribution in [2.24, 2.45) is 5.92 Å². The van der Waals surface area contributed by atoms with Crippen LogP contribution in [0.3, 0.4) is 0 Å². The summed E-state index contributed by atoms with van der Waals surface area (Å²) in [7, 11) is 0. The molecule has 1 aromatic heterocycles. The molecule has 0 spiro atoms. The molecule has 4 bridgehead atoms. The van der Waals surface area contributed by atoms with Gasteiger partial charge in [0, 0.05) is 44.5 Å². The second-order valence-electron chi connectivity index (χ2n) is 31.0. The van der Waals surface area contributed by atoms with Gasteiger partial charge in [-0.1, -0.05) is 150 Å². The van der Waals surface area contributed by atoms with Crippen molar-refractivity contribution in [3.8, 4) is 0 Å². The molecule has 2 saturated carbocycles. The molecule has 82 heavy (non-hydrogen) atoms. The van der Waals surface area contributed by atoms with Crippen LogP contribution in [0.1, 0.15) is 211 Å². The van der Waals surface area contributed by atoms with E-state index in [1.54, 1.807) is 22.3 Å². The van der Waals surface area contributed by atoms with E-state index in [1.807, 2.05) is 0 Å². The molecule has 3 nitrogen and oxygen atoms in total. The highest BCUT2D eigenvalue weighted by Crippen LogP contribution is 2.61. The lowest BCUT2D eigenvalue weighted by molar-refractivity contribution is 0.188. The number of hydrogen-bond donors (Lipinski definition) is 0. The third-order valence-electron chi connectivity index (χ3n) is 24.1. The normalized spacial score (nSPS) is 26.9. The smallest absolute Gasteiger partial charge is 0.254 e. The van der Waals surface area contributed by atoms with Crippen molar-refractivity contribution in [1.29, 1.82) is 0 Å². The van der Waals surface area contributed by atoms with Crippen molar-refractivity contribution < 1.29 is 0 Å². The maximum atomic E-state index is 2.82. The topological polar surface area (TPSA) is 9.72 Å². The maximum absolute atomic E-state index is 2.82. The molecule has 3 heterocycles. The zero-order chi connectivity index (χ0) is 56.4. The Labute approximate surface area is 494 Å². The van der Waals surface area contributed by atoms with Crippen molar-refractivity contribution in [3.63, 3.8) is 0 Å². The molecule has 17 rings (SSSR count). The van der Waals surface area contributed by atoms with Gasteiger partial charge >= 0.3 is 0 Å². The van der Waals surface area contributed by atoms with Crippen LogP contribution in [0.5, 0.6) is 0 Å². The van der Waals surface area contributed by atoms with Gasteiger partial charge < -0.3 is 14.7 Å². The van der Waals surface area contributed by atoms with Crippen LogP contribution in [0.2, 0.25) is 0 Å². The third kappa shape index (κ3) is 7.19. The number of hydrogen-bond acceptors (Lipinski definition) is 4. The van der Waals surface area contributed by atoms with Gasteiger partial charge in [0.15, 0.2) is 0 Å². The molecule has 0 amide bonds. The van der Waals surface area contributed by atoms with Crippen molar-refractivity contribution in [3.05, 3.63) is 178 Å². The molecule has 0 radical (unpaired) electrons. The first kappa shape index (κ1) is 51.6. The highest BCUT2D eigenvalue weighted by atomic mass is 32.1. The molecule has 0 N–H and O–H groups in total. The van der Waals surface area contributed by atoms with Crippen LogP contribution in [0.4, 0.5) is 50.5 Å². The first-order valence-electron chi connectivity index (χ1n) is 31.8. The van der Waals surface area contributed by atoms with E-state index in [1.165, 1.54) is 165 Å². The standard InChI is InChI=1S/C77H84BN3S/c1-47-48-20-19-29-77(12,46-48)58-45-67-55(42-54(47)58)68-70(82-67)81(52-26-28-57-60(39-52)74(8,9)33-31-72(57,4)5)66-41-53(79(49-21-15-13-16-22-49)50-23-17-14-18-24-50)40-65-69(66)78(68)63-43-61-62(76(11)36-34-75(61,10)35-37-76)44-64(63)80(65)51-25-27-56-59(38-51)73(6,7)32-30-71(56,2)3/h13-18,21-28,38-45,47-48H,19-20,29-37,46H2,1-12H3. The fraction of sp³-hybridized carbons (Fsp3) is 0.429. The van der Waals surface area contributed by atoms with Crippen LogP contribution in [-0.2, 0) is 37.9 Å². The zero-order valence-corrected chi connectivity index (χ0v) is 52.0. The minimum Gasteiger partial charge on any atom is -0.311 e. The van der Waals surface area contributed by atoms with Crippen molar-refractivity contribution >= 4 is 95.0 Å². The Hall–Kier alpha value is -6.04. The summed E-state index contributed by atoms with van der Waals surface area (Å²) in [6, 6.07) is 54.2. The first-order chi connectivity index (χ1) is 39.1. The van der Waals surface area contributed by atoms with Gasteiger partial charge in [-0.25, -0.2) is 0 Å². The van der Waals surface area contributed by atoms with Crippen LogP contribution in [0, 0.1) is 5.92 Å². The Morgan fingerprint density at radius 2 is 0.976 bits per heavy atom. The van der Waals surface area contributed by atoms with E-state index < -0.39 is 0 Å². The van der Waals surface area contributed by atoms with Crippen molar-refractivity contribution in [2.75, 3.05) is 14.7 Å². The molecule has 7 aliphatic carbocycles. The monoisotopic (exact) mass is 1090 g/mol. The van der Waals surface area contributed by atoms with E-state index >= 15 is 0 Å². The van der Waals surface area contributed by atoms with Crippen LogP contribution < -0.4 is 31.1 Å². The first-order valence-corrected chi connectivity index (χ1v) is 32.7. The molecule has 2 fully saturated rings. The van der Waals surface area contributed by atoms with Crippen molar-refractivity contribution in [2.45, 2.75) is 204 Å². The van der Waals surface area contributed by atoms with E-state index in [4.69, 9.17) is 0 Å². The van der Waals surface area contributed by atoms with Crippen LogP contribution in [-0.4, -0.2) is 6.71 Å². The lowest BCUT2D eigenvalue weighted by atomic mass is 9.33. The van der Waals surface area contributed by atoms with Gasteiger partial charge in [-0.05, 0) is 259 Å². The summed E-state index contributed by atoms with van der Waals surface area (Å²) in [5.41, 5.74) is 27.8. The number of para-hydroxylation sites is 2. The highest BCUT2D eigenvalue weighted by molar-refractivity contribution is 7.26. The Balaban J connectivity index is 1.07. The summed E-state index contributed by atoms with van der Waals surface area (Å²) in [4.78, 5) is 8.14. The number of thiophene rings is 1. The van der Waals surface area contributed by atoms with Gasteiger partial charge in [0.25, 0.3) is 6.71 Å². The van der Waals surface area contributed by atoms with Crippen molar-refractivity contribution in [1.82, 2.24) is 0 Å². The Morgan fingerprint density at radius 1 is 0.451 bits per heavy atom. The SMILES string of the molecule is CC1c2cc3c4c(sc3cc2C2(C)CCCC1C2)N(c1ccc2c(c1)C(C)(C)CCC2(C)C)c1cc(N(c2ccccc2)c2ccccc2)cc2c1B4c1cc3c(cc1N2c1ccc2c(c1)C(C)(C)CCC2(C)C)C1(C)CCC3(C)CC1.